The lowest BCUT2D eigenvalue weighted by atomic mass is 10.1. The van der Waals surface area contributed by atoms with Gasteiger partial charge in [0.2, 0.25) is 0 Å². The van der Waals surface area contributed by atoms with Crippen LogP contribution >= 0.6 is 15.9 Å². The Kier molecular flexibility index (Phi) is 4.25. The molecule has 1 rings (SSSR count). The van der Waals surface area contributed by atoms with Gasteiger partial charge >= 0.3 is 5.97 Å². The van der Waals surface area contributed by atoms with Crippen molar-refractivity contribution in [2.45, 2.75) is 12.5 Å². The van der Waals surface area contributed by atoms with Crippen molar-refractivity contribution in [1.82, 2.24) is 0 Å². The summed E-state index contributed by atoms with van der Waals surface area (Å²) in [6.07, 6.45) is 0. The fourth-order valence-corrected chi connectivity index (χ4v) is 1.49. The molecule has 0 spiro atoms. The highest BCUT2D eigenvalue weighted by Crippen LogP contribution is 2.26. The molecule has 1 aromatic rings. The maximum atomic E-state index is 10.8. The smallest absolute Gasteiger partial charge is 0.326 e. The van der Waals surface area contributed by atoms with Gasteiger partial charge in [0.1, 0.15) is 17.9 Å². The quantitative estimate of drug-likeness (QED) is 0.628. The van der Waals surface area contributed by atoms with E-state index in [0.717, 1.165) is 0 Å². The molecule has 1 atom stereocenters. The number of nitrogens with zero attached hydrogens (tertiary/aromatic N) is 1. The second-order valence-corrected chi connectivity index (χ2v) is 4.83. The zero-order chi connectivity index (χ0) is 13.9. The fraction of sp³-hybridized carbons (Fsp3) is 0.300. The van der Waals surface area contributed by atoms with E-state index in [-0.39, 0.29) is 18.0 Å². The van der Waals surface area contributed by atoms with E-state index in [0.29, 0.717) is 4.47 Å². The molecule has 1 aromatic carbocycles. The van der Waals surface area contributed by atoms with Crippen molar-refractivity contribution in [3.05, 3.63) is 32.8 Å². The van der Waals surface area contributed by atoms with E-state index >= 15 is 0 Å². The van der Waals surface area contributed by atoms with Gasteiger partial charge in [0.15, 0.2) is 0 Å². The lowest BCUT2D eigenvalue weighted by molar-refractivity contribution is -0.385. The predicted molar refractivity (Wildman–Crippen MR) is 66.5 cm³/mol. The van der Waals surface area contributed by atoms with E-state index in [1.807, 2.05) is 0 Å². The van der Waals surface area contributed by atoms with Crippen LogP contribution in [0.15, 0.2) is 22.7 Å². The molecule has 0 aliphatic carbocycles. The molecule has 7 nitrogen and oxygen atoms in total. The third kappa shape index (κ3) is 3.67. The van der Waals surface area contributed by atoms with Gasteiger partial charge in [-0.25, -0.2) is 0 Å². The highest BCUT2D eigenvalue weighted by molar-refractivity contribution is 9.10. The van der Waals surface area contributed by atoms with Crippen LogP contribution in [0.3, 0.4) is 0 Å². The molecule has 0 heterocycles. The molecule has 0 bridgehead atoms. The van der Waals surface area contributed by atoms with E-state index in [2.05, 4.69) is 15.9 Å². The zero-order valence-electron chi connectivity index (χ0n) is 9.42. The molecule has 0 aromatic heterocycles. The highest BCUT2D eigenvalue weighted by Gasteiger charge is 2.29. The molecule has 0 aliphatic rings. The molecule has 0 amide bonds. The second-order valence-electron chi connectivity index (χ2n) is 3.91. The van der Waals surface area contributed by atoms with Crippen LogP contribution in [0, 0.1) is 10.1 Å². The number of hydrogen-bond donors (Lipinski definition) is 2. The van der Waals surface area contributed by atoms with Gasteiger partial charge < -0.3 is 15.6 Å². The number of nitro benzene ring substituents is 1. The Bertz CT molecular complexity index is 489. The van der Waals surface area contributed by atoms with Crippen LogP contribution in [0.5, 0.6) is 5.75 Å². The lowest BCUT2D eigenvalue weighted by Gasteiger charge is -2.19. The maximum absolute atomic E-state index is 10.8. The van der Waals surface area contributed by atoms with Crippen LogP contribution in [0.2, 0.25) is 0 Å². The first-order chi connectivity index (χ1) is 8.22. The molecule has 3 N–H and O–H groups in total. The molecule has 98 valence electrons. The van der Waals surface area contributed by atoms with Crippen molar-refractivity contribution in [2.24, 2.45) is 5.73 Å². The van der Waals surface area contributed by atoms with Crippen molar-refractivity contribution in [1.29, 1.82) is 0 Å². The number of rotatable bonds is 5. The lowest BCUT2D eigenvalue weighted by Crippen LogP contribution is -2.49. The van der Waals surface area contributed by atoms with E-state index in [1.54, 1.807) is 0 Å². The minimum absolute atomic E-state index is 0.159. The fourth-order valence-electron chi connectivity index (χ4n) is 1.03. The summed E-state index contributed by atoms with van der Waals surface area (Å²) < 4.78 is 5.62. The molecule has 1 unspecified atom stereocenters. The molecule has 0 aliphatic heterocycles. The first-order valence-corrected chi connectivity index (χ1v) is 5.62. The van der Waals surface area contributed by atoms with E-state index < -0.39 is 16.4 Å². The molecule has 0 saturated heterocycles. The van der Waals surface area contributed by atoms with Crippen LogP contribution < -0.4 is 10.5 Å². The van der Waals surface area contributed by atoms with Crippen molar-refractivity contribution < 1.29 is 19.6 Å². The normalized spacial score (nSPS) is 13.7. The summed E-state index contributed by atoms with van der Waals surface area (Å²) in [7, 11) is 0. The first kappa shape index (κ1) is 14.4. The minimum atomic E-state index is -1.56. The Morgan fingerprint density at radius 2 is 2.22 bits per heavy atom. The Hall–Kier alpha value is -1.67. The van der Waals surface area contributed by atoms with Crippen LogP contribution in [-0.2, 0) is 4.79 Å². The first-order valence-electron chi connectivity index (χ1n) is 4.82. The number of carboxylic acid groups (broad SMARTS) is 1. The van der Waals surface area contributed by atoms with Gasteiger partial charge in [-0.3, -0.25) is 14.9 Å². The minimum Gasteiger partial charge on any atom is -0.491 e. The number of nitro groups is 1. The van der Waals surface area contributed by atoms with Crippen LogP contribution in [0.1, 0.15) is 6.92 Å². The maximum Gasteiger partial charge on any atom is 0.326 e. The van der Waals surface area contributed by atoms with Crippen LogP contribution in [0.25, 0.3) is 0 Å². The SMILES string of the molecule is CC(N)(COc1cc(Br)cc([N+](=O)[O-])c1)C(=O)O. The number of halogens is 1. The summed E-state index contributed by atoms with van der Waals surface area (Å²) in [5, 5.41) is 19.4. The summed E-state index contributed by atoms with van der Waals surface area (Å²) in [6, 6.07) is 4.00. The molecular formula is C10H11BrN2O5. The van der Waals surface area contributed by atoms with Gasteiger partial charge in [-0.1, -0.05) is 15.9 Å². The van der Waals surface area contributed by atoms with Gasteiger partial charge in [0, 0.05) is 10.5 Å². The molecule has 0 fully saturated rings. The average molecular weight is 319 g/mol. The van der Waals surface area contributed by atoms with Crippen molar-refractivity contribution in [3.63, 3.8) is 0 Å². The Morgan fingerprint density at radius 1 is 1.61 bits per heavy atom. The summed E-state index contributed by atoms with van der Waals surface area (Å²) in [6.45, 7) is 0.998. The molecule has 0 radical (unpaired) electrons. The van der Waals surface area contributed by atoms with Crippen molar-refractivity contribution >= 4 is 27.6 Å². The number of aliphatic carboxylic acids is 1. The van der Waals surface area contributed by atoms with Crippen LogP contribution in [-0.4, -0.2) is 28.1 Å². The number of carboxylic acids is 1. The molecule has 18 heavy (non-hydrogen) atoms. The second kappa shape index (κ2) is 5.32. The third-order valence-corrected chi connectivity index (χ3v) is 2.55. The predicted octanol–water partition coefficient (Wildman–Crippen LogP) is 1.54. The van der Waals surface area contributed by atoms with Gasteiger partial charge in [-0.15, -0.1) is 0 Å². The number of carbonyl (C=O) groups is 1. The number of hydrogen-bond acceptors (Lipinski definition) is 5. The van der Waals surface area contributed by atoms with Crippen LogP contribution in [0.4, 0.5) is 5.69 Å². The van der Waals surface area contributed by atoms with Gasteiger partial charge in [0.25, 0.3) is 5.69 Å². The monoisotopic (exact) mass is 318 g/mol. The average Bonchev–Trinajstić information content (AvgIpc) is 2.25. The standard InChI is InChI=1S/C10H11BrN2O5/c1-10(12,9(14)15)5-18-8-3-6(11)2-7(4-8)13(16)17/h2-4H,5,12H2,1H3,(H,14,15). The van der Waals surface area contributed by atoms with Gasteiger partial charge in [-0.05, 0) is 13.0 Å². The Morgan fingerprint density at radius 3 is 2.72 bits per heavy atom. The summed E-state index contributed by atoms with van der Waals surface area (Å²) in [5.74, 6) is -1.04. The number of non-ortho nitro benzene ring substituents is 1. The highest BCUT2D eigenvalue weighted by atomic mass is 79.9. The topological polar surface area (TPSA) is 116 Å². The molecular weight excluding hydrogens is 308 g/mol. The molecule has 0 saturated carbocycles. The van der Waals surface area contributed by atoms with Gasteiger partial charge in [0.05, 0.1) is 11.0 Å². The number of nitrogens with two attached hydrogens (primary N) is 1. The molecule has 8 heteroatoms. The van der Waals surface area contributed by atoms with E-state index in [1.165, 1.54) is 25.1 Å². The summed E-state index contributed by atoms with van der Waals surface area (Å²) in [5.41, 5.74) is 3.76. The Labute approximate surface area is 111 Å². The van der Waals surface area contributed by atoms with E-state index in [4.69, 9.17) is 15.6 Å². The van der Waals surface area contributed by atoms with Crippen molar-refractivity contribution in [2.75, 3.05) is 6.61 Å². The number of benzene rings is 1. The number of ether oxygens (including phenoxy) is 1. The Balaban J connectivity index is 2.86. The van der Waals surface area contributed by atoms with Crippen molar-refractivity contribution in [3.8, 4) is 5.75 Å². The largest absolute Gasteiger partial charge is 0.491 e. The zero-order valence-corrected chi connectivity index (χ0v) is 11.0. The summed E-state index contributed by atoms with van der Waals surface area (Å²) in [4.78, 5) is 20.8. The third-order valence-electron chi connectivity index (χ3n) is 2.09. The van der Waals surface area contributed by atoms with E-state index in [9.17, 15) is 14.9 Å². The summed E-state index contributed by atoms with van der Waals surface area (Å²) >= 11 is 3.10. The van der Waals surface area contributed by atoms with Gasteiger partial charge in [-0.2, -0.15) is 0 Å².